The molecule has 0 amide bonds. The van der Waals surface area contributed by atoms with E-state index in [2.05, 4.69) is 159 Å². The van der Waals surface area contributed by atoms with Crippen molar-refractivity contribution in [2.45, 2.75) is 251 Å². The second-order valence-corrected chi connectivity index (χ2v) is 21.7. The van der Waals surface area contributed by atoms with Crippen LogP contribution in [0.25, 0.3) is 0 Å². The van der Waals surface area contributed by atoms with Crippen molar-refractivity contribution in [3.8, 4) is 0 Å². The van der Waals surface area contributed by atoms with Gasteiger partial charge in [-0.3, -0.25) is 0 Å². The molecule has 0 bridgehead atoms. The molecule has 0 aliphatic rings. The van der Waals surface area contributed by atoms with Crippen LogP contribution in [0, 0.1) is 21.7 Å². The molecule has 2 atom stereocenters. The summed E-state index contributed by atoms with van der Waals surface area (Å²) >= 11 is 0. The van der Waals surface area contributed by atoms with Crippen LogP contribution in [-0.2, 0) is 28.4 Å². The van der Waals surface area contributed by atoms with E-state index in [-0.39, 0.29) is 68.0 Å². The van der Waals surface area contributed by atoms with Gasteiger partial charge in [0, 0.05) is 19.8 Å². The second kappa shape index (κ2) is 19.8. The number of hydrogen-bond donors (Lipinski definition) is 0. The topological polar surface area (TPSA) is 55.4 Å². The third-order valence-corrected chi connectivity index (χ3v) is 13.6. The van der Waals surface area contributed by atoms with Gasteiger partial charge in [-0.25, -0.2) is 0 Å². The lowest BCUT2D eigenvalue weighted by Crippen LogP contribution is -2.49. The number of unbranched alkanes of at least 4 members (excludes halogenated alkanes) is 1. The van der Waals surface area contributed by atoms with Gasteiger partial charge in [0.05, 0.1) is 52.9 Å². The van der Waals surface area contributed by atoms with E-state index in [9.17, 15) is 0 Å². The first kappa shape index (κ1) is 51.8. The van der Waals surface area contributed by atoms with Crippen molar-refractivity contribution in [2.75, 3.05) is 26.4 Å². The van der Waals surface area contributed by atoms with Crippen molar-refractivity contribution in [1.82, 2.24) is 0 Å². The fraction of sp³-hybridized carbons (Fsp3) is 1.00. The highest BCUT2D eigenvalue weighted by atomic mass is 16.5. The quantitative estimate of drug-likeness (QED) is 0.0744. The highest BCUT2D eigenvalue weighted by Crippen LogP contribution is 2.45. The van der Waals surface area contributed by atoms with Crippen LogP contribution >= 0.6 is 0 Å². The van der Waals surface area contributed by atoms with Gasteiger partial charge in [0.1, 0.15) is 0 Å². The summed E-state index contributed by atoms with van der Waals surface area (Å²) in [5.41, 5.74) is -1.79. The Morgan fingerprint density at radius 1 is 0.404 bits per heavy atom. The third kappa shape index (κ3) is 16.5. The Bertz CT molecular complexity index is 1000. The van der Waals surface area contributed by atoms with Gasteiger partial charge in [0.2, 0.25) is 0 Å². The fourth-order valence-electron chi connectivity index (χ4n) is 6.56. The van der Waals surface area contributed by atoms with Crippen LogP contribution in [-0.4, -0.2) is 72.7 Å². The van der Waals surface area contributed by atoms with Crippen LogP contribution in [0.4, 0.5) is 0 Å². The summed E-state index contributed by atoms with van der Waals surface area (Å²) < 4.78 is 39.0. The average Bonchev–Trinajstić information content (AvgIpc) is 2.90. The largest absolute Gasteiger partial charge is 0.379 e. The maximum atomic E-state index is 6.90. The van der Waals surface area contributed by atoms with Gasteiger partial charge >= 0.3 is 0 Å². The summed E-state index contributed by atoms with van der Waals surface area (Å²) in [4.78, 5) is 0. The molecule has 0 fully saturated rings. The van der Waals surface area contributed by atoms with E-state index in [1.165, 1.54) is 0 Å². The molecule has 0 spiro atoms. The lowest BCUT2D eigenvalue weighted by molar-refractivity contribution is -0.179. The number of rotatable bonds is 28. The van der Waals surface area contributed by atoms with E-state index in [0.29, 0.717) is 13.2 Å². The molecule has 0 radical (unpaired) electrons. The summed E-state index contributed by atoms with van der Waals surface area (Å²) in [6, 6.07) is 0. The Morgan fingerprint density at radius 2 is 0.769 bits per heavy atom. The Labute approximate surface area is 326 Å². The molecule has 0 aromatic carbocycles. The minimum Gasteiger partial charge on any atom is -0.379 e. The lowest BCUT2D eigenvalue weighted by atomic mass is 9.71. The van der Waals surface area contributed by atoms with Crippen LogP contribution in [0.3, 0.4) is 0 Å². The average molecular weight is 743 g/mol. The molecule has 0 saturated heterocycles. The van der Waals surface area contributed by atoms with E-state index in [1.54, 1.807) is 0 Å². The molecule has 0 rings (SSSR count). The molecule has 0 heterocycles. The van der Waals surface area contributed by atoms with Crippen LogP contribution in [0.1, 0.15) is 204 Å². The normalized spacial score (nSPS) is 16.2. The third-order valence-electron chi connectivity index (χ3n) is 13.6. The highest BCUT2D eigenvalue weighted by Gasteiger charge is 2.46. The zero-order valence-electron chi connectivity index (χ0n) is 39.5. The van der Waals surface area contributed by atoms with Crippen LogP contribution in [0.2, 0.25) is 0 Å². The van der Waals surface area contributed by atoms with Gasteiger partial charge in [-0.1, -0.05) is 68.7 Å². The molecule has 314 valence electrons. The maximum absolute atomic E-state index is 6.90. The molecule has 0 aliphatic carbocycles. The lowest BCUT2D eigenvalue weighted by Gasteiger charge is -2.48. The Balaban J connectivity index is 5.27. The first-order valence-corrected chi connectivity index (χ1v) is 21.0. The van der Waals surface area contributed by atoms with E-state index < -0.39 is 0 Å². The molecule has 6 heteroatoms. The Hall–Kier alpha value is -0.240. The van der Waals surface area contributed by atoms with Gasteiger partial charge in [0.15, 0.2) is 0 Å². The molecule has 0 aliphatic heterocycles. The van der Waals surface area contributed by atoms with Crippen molar-refractivity contribution in [3.63, 3.8) is 0 Å². The standard InChI is InChI=1S/C46H94O6/c1-24-25-29-48-42(14,15)28-32-50-44(18,19)41(12,13)34-37(5)52-46(22,23)39(8,9)27-31-49-43(16,17)40(10,11)33-36(4)51-45(20,21)38(6,7)26-30-47-35(2)3/h35-37H,24-34H2,1-23H3. The first-order valence-electron chi connectivity index (χ1n) is 21.0. The van der Waals surface area contributed by atoms with Gasteiger partial charge < -0.3 is 28.4 Å². The predicted molar refractivity (Wildman–Crippen MR) is 224 cm³/mol. The second-order valence-electron chi connectivity index (χ2n) is 21.7. The zero-order chi connectivity index (χ0) is 41.3. The first-order chi connectivity index (χ1) is 23.1. The smallest absolute Gasteiger partial charge is 0.0681 e. The monoisotopic (exact) mass is 743 g/mol. The van der Waals surface area contributed by atoms with Gasteiger partial charge in [-0.2, -0.15) is 0 Å². The van der Waals surface area contributed by atoms with Crippen molar-refractivity contribution in [2.24, 2.45) is 21.7 Å². The zero-order valence-corrected chi connectivity index (χ0v) is 39.5. The van der Waals surface area contributed by atoms with Gasteiger partial charge in [0.25, 0.3) is 0 Å². The molecule has 6 nitrogen and oxygen atoms in total. The summed E-state index contributed by atoms with van der Waals surface area (Å²) in [6.07, 6.45) is 7.16. The molecule has 0 aromatic rings. The number of hydrogen-bond acceptors (Lipinski definition) is 6. The van der Waals surface area contributed by atoms with Crippen LogP contribution in [0.5, 0.6) is 0 Å². The van der Waals surface area contributed by atoms with E-state index in [4.69, 9.17) is 28.4 Å². The van der Waals surface area contributed by atoms with Crippen molar-refractivity contribution in [1.29, 1.82) is 0 Å². The minimum absolute atomic E-state index is 0.0233. The Morgan fingerprint density at radius 3 is 1.13 bits per heavy atom. The van der Waals surface area contributed by atoms with E-state index in [0.717, 1.165) is 58.2 Å². The molecular formula is C46H94O6. The summed E-state index contributed by atoms with van der Waals surface area (Å²) in [5, 5.41) is 0. The summed E-state index contributed by atoms with van der Waals surface area (Å²) in [6.45, 7) is 54.4. The van der Waals surface area contributed by atoms with Crippen molar-refractivity contribution >= 4 is 0 Å². The Kier molecular flexibility index (Phi) is 19.7. The van der Waals surface area contributed by atoms with Crippen molar-refractivity contribution < 1.29 is 28.4 Å². The molecular weight excluding hydrogens is 649 g/mol. The van der Waals surface area contributed by atoms with Crippen LogP contribution in [0.15, 0.2) is 0 Å². The molecule has 0 N–H and O–H groups in total. The van der Waals surface area contributed by atoms with E-state index >= 15 is 0 Å². The SMILES string of the molecule is CCCCOC(C)(C)CCOC(C)(C)C(C)(C)CC(C)OC(C)(C)C(C)(C)CCOC(C)(C)C(C)(C)CC(C)OC(C)(C)C(C)(C)CCOC(C)C. The van der Waals surface area contributed by atoms with Gasteiger partial charge in [-0.05, 0) is 157 Å². The van der Waals surface area contributed by atoms with Gasteiger partial charge in [-0.15, -0.1) is 0 Å². The fourth-order valence-corrected chi connectivity index (χ4v) is 6.56. The minimum atomic E-state index is -0.350. The maximum Gasteiger partial charge on any atom is 0.0681 e. The molecule has 0 saturated carbocycles. The highest BCUT2D eigenvalue weighted by molar-refractivity contribution is 4.95. The summed E-state index contributed by atoms with van der Waals surface area (Å²) in [5.74, 6) is 0. The number of ether oxygens (including phenoxy) is 6. The molecule has 52 heavy (non-hydrogen) atoms. The van der Waals surface area contributed by atoms with E-state index in [1.807, 2.05) is 0 Å². The molecule has 2 unspecified atom stereocenters. The predicted octanol–water partition coefficient (Wildman–Crippen LogP) is 13.0. The summed E-state index contributed by atoms with van der Waals surface area (Å²) in [7, 11) is 0. The van der Waals surface area contributed by atoms with Crippen molar-refractivity contribution in [3.05, 3.63) is 0 Å². The molecule has 0 aromatic heterocycles. The van der Waals surface area contributed by atoms with Crippen LogP contribution < -0.4 is 0 Å².